The van der Waals surface area contributed by atoms with Crippen molar-refractivity contribution in [1.82, 2.24) is 0 Å². The minimum absolute atomic E-state index is 0.0609. The minimum atomic E-state index is -1.01. The van der Waals surface area contributed by atoms with E-state index in [9.17, 15) is 19.8 Å². The monoisotopic (exact) mass is 280 g/mol. The summed E-state index contributed by atoms with van der Waals surface area (Å²) < 4.78 is 0. The summed E-state index contributed by atoms with van der Waals surface area (Å²) >= 11 is 0. The molecule has 0 atom stereocenters. The van der Waals surface area contributed by atoms with Gasteiger partial charge in [0.2, 0.25) is 0 Å². The van der Waals surface area contributed by atoms with Crippen LogP contribution in [0.3, 0.4) is 0 Å². The molecule has 0 heterocycles. The Morgan fingerprint density at radius 1 is 0.600 bits per heavy atom. The fraction of sp³-hybridized carbons (Fsp3) is 0.750. The highest BCUT2D eigenvalue weighted by Crippen LogP contribution is 2.37. The van der Waals surface area contributed by atoms with Crippen LogP contribution in [-0.2, 0) is 9.59 Å². The number of hydrogen-bond donors (Lipinski definition) is 2. The van der Waals surface area contributed by atoms with Gasteiger partial charge in [-0.1, -0.05) is 38.5 Å². The van der Waals surface area contributed by atoms with E-state index in [1.54, 1.807) is 0 Å². The molecule has 0 amide bonds. The van der Waals surface area contributed by atoms with Crippen molar-refractivity contribution < 1.29 is 19.8 Å². The third-order valence-electron chi connectivity index (χ3n) is 4.78. The summed E-state index contributed by atoms with van der Waals surface area (Å²) in [4.78, 5) is 23.3. The van der Waals surface area contributed by atoms with Crippen LogP contribution >= 0.6 is 0 Å². The standard InChI is InChI=1S/C16H24O4/c17-15(18)13(11-7-3-1-4-8-11)14(16(19)20)12-9-5-2-6-10-12/h11-12H,1-10H2,(H,17,18)(H,19,20)/b14-13+. The maximum absolute atomic E-state index is 11.7. The van der Waals surface area contributed by atoms with E-state index in [1.165, 1.54) is 0 Å². The first kappa shape index (κ1) is 15.1. The van der Waals surface area contributed by atoms with E-state index in [2.05, 4.69) is 0 Å². The molecular weight excluding hydrogens is 256 g/mol. The van der Waals surface area contributed by atoms with Gasteiger partial charge in [-0.3, -0.25) is 0 Å². The van der Waals surface area contributed by atoms with Crippen molar-refractivity contribution in [2.45, 2.75) is 64.2 Å². The number of hydrogen-bond acceptors (Lipinski definition) is 2. The molecular formula is C16H24O4. The second kappa shape index (κ2) is 6.91. The van der Waals surface area contributed by atoms with Gasteiger partial charge in [0.25, 0.3) is 0 Å². The molecule has 2 rings (SSSR count). The number of carboxylic acid groups (broad SMARTS) is 2. The maximum Gasteiger partial charge on any atom is 0.332 e. The Kier molecular flexibility index (Phi) is 5.21. The molecule has 20 heavy (non-hydrogen) atoms. The van der Waals surface area contributed by atoms with Gasteiger partial charge < -0.3 is 10.2 Å². The van der Waals surface area contributed by atoms with Crippen LogP contribution in [0.15, 0.2) is 11.1 Å². The van der Waals surface area contributed by atoms with Crippen LogP contribution in [0.4, 0.5) is 0 Å². The lowest BCUT2D eigenvalue weighted by Gasteiger charge is -2.28. The SMILES string of the molecule is O=C(O)/C(=C(/C(=O)O)C1CCCCC1)C1CCCCC1. The summed E-state index contributed by atoms with van der Waals surface area (Å²) in [5.41, 5.74) is 0.424. The van der Waals surface area contributed by atoms with Crippen molar-refractivity contribution >= 4 is 11.9 Å². The van der Waals surface area contributed by atoms with E-state index in [-0.39, 0.29) is 23.0 Å². The summed E-state index contributed by atoms with van der Waals surface area (Å²) in [6.45, 7) is 0. The molecule has 0 aromatic rings. The smallest absolute Gasteiger partial charge is 0.332 e. The Morgan fingerprint density at radius 3 is 1.15 bits per heavy atom. The van der Waals surface area contributed by atoms with Gasteiger partial charge in [0.05, 0.1) is 11.1 Å². The molecule has 0 spiro atoms. The van der Waals surface area contributed by atoms with Crippen molar-refractivity contribution in [1.29, 1.82) is 0 Å². The molecule has 4 heteroatoms. The van der Waals surface area contributed by atoms with E-state index in [4.69, 9.17) is 0 Å². The molecule has 2 aliphatic rings. The summed E-state index contributed by atoms with van der Waals surface area (Å²) in [7, 11) is 0. The van der Waals surface area contributed by atoms with Gasteiger partial charge in [0.1, 0.15) is 0 Å². The van der Waals surface area contributed by atoms with Gasteiger partial charge in [-0.15, -0.1) is 0 Å². The predicted molar refractivity (Wildman–Crippen MR) is 75.4 cm³/mol. The second-order valence-corrected chi connectivity index (χ2v) is 6.11. The molecule has 2 fully saturated rings. The largest absolute Gasteiger partial charge is 0.478 e. The van der Waals surface area contributed by atoms with E-state index in [0.29, 0.717) is 0 Å². The fourth-order valence-corrected chi connectivity index (χ4v) is 3.80. The summed E-state index contributed by atoms with van der Waals surface area (Å²) in [6, 6.07) is 0. The van der Waals surface area contributed by atoms with Gasteiger partial charge in [-0.2, -0.15) is 0 Å². The number of carboxylic acids is 2. The fourth-order valence-electron chi connectivity index (χ4n) is 3.80. The summed E-state index contributed by atoms with van der Waals surface area (Å²) in [5, 5.41) is 19.1. The van der Waals surface area contributed by atoms with Gasteiger partial charge in [0, 0.05) is 0 Å². The average Bonchev–Trinajstić information content (AvgIpc) is 2.45. The quantitative estimate of drug-likeness (QED) is 0.771. The molecule has 4 nitrogen and oxygen atoms in total. The Balaban J connectivity index is 2.35. The molecule has 2 N–H and O–H groups in total. The first-order chi connectivity index (χ1) is 9.61. The lowest BCUT2D eigenvalue weighted by Crippen LogP contribution is -2.25. The summed E-state index contributed by atoms with van der Waals surface area (Å²) in [6.07, 6.45) is 9.62. The van der Waals surface area contributed by atoms with Gasteiger partial charge in [-0.05, 0) is 37.5 Å². The van der Waals surface area contributed by atoms with E-state index in [1.807, 2.05) is 0 Å². The third kappa shape index (κ3) is 3.41. The molecule has 0 aromatic carbocycles. The van der Waals surface area contributed by atoms with Crippen LogP contribution in [0.1, 0.15) is 64.2 Å². The van der Waals surface area contributed by atoms with Crippen molar-refractivity contribution in [3.05, 3.63) is 11.1 Å². The average molecular weight is 280 g/mol. The zero-order valence-corrected chi connectivity index (χ0v) is 11.9. The molecule has 0 aliphatic heterocycles. The summed E-state index contributed by atoms with van der Waals surface area (Å²) in [5.74, 6) is -2.15. The van der Waals surface area contributed by atoms with Crippen LogP contribution < -0.4 is 0 Å². The highest BCUT2D eigenvalue weighted by atomic mass is 16.4. The van der Waals surface area contributed by atoms with Crippen LogP contribution in [-0.4, -0.2) is 22.2 Å². The van der Waals surface area contributed by atoms with Gasteiger partial charge in [0.15, 0.2) is 0 Å². The highest BCUT2D eigenvalue weighted by Gasteiger charge is 2.33. The van der Waals surface area contributed by atoms with Crippen molar-refractivity contribution in [3.8, 4) is 0 Å². The molecule has 2 aliphatic carbocycles. The number of carbonyl (C=O) groups is 2. The normalized spacial score (nSPS) is 23.2. The first-order valence-electron chi connectivity index (χ1n) is 7.82. The minimum Gasteiger partial charge on any atom is -0.478 e. The molecule has 0 aromatic heterocycles. The first-order valence-corrected chi connectivity index (χ1v) is 7.82. The van der Waals surface area contributed by atoms with Crippen LogP contribution in [0.25, 0.3) is 0 Å². The Bertz CT molecular complexity index is 361. The zero-order chi connectivity index (χ0) is 14.5. The highest BCUT2D eigenvalue weighted by molar-refractivity contribution is 5.99. The molecule has 0 bridgehead atoms. The van der Waals surface area contributed by atoms with Crippen LogP contribution in [0, 0.1) is 11.8 Å². The van der Waals surface area contributed by atoms with E-state index in [0.717, 1.165) is 64.2 Å². The Hall–Kier alpha value is -1.32. The Morgan fingerprint density at radius 2 is 0.900 bits per heavy atom. The van der Waals surface area contributed by atoms with Gasteiger partial charge >= 0.3 is 11.9 Å². The molecule has 0 saturated heterocycles. The lowest BCUT2D eigenvalue weighted by molar-refractivity contribution is -0.137. The second-order valence-electron chi connectivity index (χ2n) is 6.11. The molecule has 2 saturated carbocycles. The Labute approximate surface area is 119 Å². The van der Waals surface area contributed by atoms with Crippen molar-refractivity contribution in [2.24, 2.45) is 11.8 Å². The number of rotatable bonds is 4. The van der Waals surface area contributed by atoms with E-state index >= 15 is 0 Å². The molecule has 0 unspecified atom stereocenters. The predicted octanol–water partition coefficient (Wildman–Crippen LogP) is 3.61. The maximum atomic E-state index is 11.7. The molecule has 112 valence electrons. The van der Waals surface area contributed by atoms with E-state index < -0.39 is 11.9 Å². The van der Waals surface area contributed by atoms with Crippen molar-refractivity contribution in [2.75, 3.05) is 0 Å². The zero-order valence-electron chi connectivity index (χ0n) is 11.9. The van der Waals surface area contributed by atoms with Crippen LogP contribution in [0.2, 0.25) is 0 Å². The lowest BCUT2D eigenvalue weighted by atomic mass is 9.76. The third-order valence-corrected chi connectivity index (χ3v) is 4.78. The van der Waals surface area contributed by atoms with Crippen LogP contribution in [0.5, 0.6) is 0 Å². The van der Waals surface area contributed by atoms with Crippen molar-refractivity contribution in [3.63, 3.8) is 0 Å². The van der Waals surface area contributed by atoms with Gasteiger partial charge in [-0.25, -0.2) is 9.59 Å². The topological polar surface area (TPSA) is 74.6 Å². The number of aliphatic carboxylic acids is 2. The molecule has 0 radical (unpaired) electrons.